The number of benzene rings is 1. The summed E-state index contributed by atoms with van der Waals surface area (Å²) in [5, 5.41) is 12.5. The second-order valence-corrected chi connectivity index (χ2v) is 9.49. The van der Waals surface area contributed by atoms with Crippen molar-refractivity contribution < 1.29 is 9.53 Å². The van der Waals surface area contributed by atoms with Crippen LogP contribution >= 0.6 is 27.5 Å². The standard InChI is InChI=1S/C21H21BrClN3O2/c1-20(2)18(26-17(27)16-8-6-13(22)11-25-16)21(3,4)19(20)28-14-7-5-12(10-24)15(23)9-14/h5-9,11,18-19H,1-4H3,(H,26,27)/t18-,19-. The Bertz CT molecular complexity index is 935. The van der Waals surface area contributed by atoms with E-state index in [1.165, 1.54) is 0 Å². The van der Waals surface area contributed by atoms with E-state index in [-0.39, 0.29) is 28.9 Å². The second kappa shape index (κ2) is 7.38. The van der Waals surface area contributed by atoms with Crippen LogP contribution in [0.3, 0.4) is 0 Å². The van der Waals surface area contributed by atoms with Gasteiger partial charge in [0.15, 0.2) is 0 Å². The maximum Gasteiger partial charge on any atom is 0.270 e. The first-order valence-corrected chi connectivity index (χ1v) is 10.0. The lowest BCUT2D eigenvalue weighted by Gasteiger charge is -2.63. The Morgan fingerprint density at radius 1 is 1.25 bits per heavy atom. The van der Waals surface area contributed by atoms with Crippen LogP contribution in [0.15, 0.2) is 41.0 Å². The van der Waals surface area contributed by atoms with Gasteiger partial charge in [0.2, 0.25) is 0 Å². The van der Waals surface area contributed by atoms with Crippen LogP contribution in [0, 0.1) is 22.2 Å². The van der Waals surface area contributed by atoms with Crippen LogP contribution in [0.5, 0.6) is 5.75 Å². The summed E-state index contributed by atoms with van der Waals surface area (Å²) in [6.07, 6.45) is 1.46. The molecule has 1 fully saturated rings. The Labute approximate surface area is 178 Å². The number of pyridine rings is 1. The topological polar surface area (TPSA) is 75.0 Å². The molecule has 0 saturated heterocycles. The van der Waals surface area contributed by atoms with E-state index < -0.39 is 0 Å². The zero-order chi connectivity index (χ0) is 20.7. The summed E-state index contributed by atoms with van der Waals surface area (Å²) >= 11 is 9.44. The molecule has 1 heterocycles. The lowest BCUT2D eigenvalue weighted by Crippen LogP contribution is -2.74. The van der Waals surface area contributed by atoms with Crippen molar-refractivity contribution in [1.29, 1.82) is 5.26 Å². The molecule has 146 valence electrons. The van der Waals surface area contributed by atoms with Gasteiger partial charge in [0.25, 0.3) is 5.91 Å². The number of amides is 1. The van der Waals surface area contributed by atoms with Gasteiger partial charge in [-0.2, -0.15) is 5.26 Å². The van der Waals surface area contributed by atoms with E-state index in [0.29, 0.717) is 22.0 Å². The van der Waals surface area contributed by atoms with Gasteiger partial charge >= 0.3 is 0 Å². The first-order chi connectivity index (χ1) is 13.1. The molecular formula is C21H21BrClN3O2. The third-order valence-corrected chi connectivity index (χ3v) is 6.17. The number of nitriles is 1. The molecule has 2 aromatic rings. The fourth-order valence-corrected chi connectivity index (χ4v) is 4.76. The lowest BCUT2D eigenvalue weighted by atomic mass is 9.49. The molecule has 0 bridgehead atoms. The number of nitrogens with zero attached hydrogens (tertiary/aromatic N) is 2. The summed E-state index contributed by atoms with van der Waals surface area (Å²) in [5.41, 5.74) is 0.162. The van der Waals surface area contributed by atoms with Crippen molar-refractivity contribution in [2.45, 2.75) is 39.8 Å². The number of aromatic nitrogens is 1. The molecule has 0 spiro atoms. The third-order valence-electron chi connectivity index (χ3n) is 5.39. The molecule has 1 aromatic heterocycles. The monoisotopic (exact) mass is 461 g/mol. The van der Waals surface area contributed by atoms with Gasteiger partial charge in [-0.3, -0.25) is 4.79 Å². The lowest BCUT2D eigenvalue weighted by molar-refractivity contribution is -0.164. The van der Waals surface area contributed by atoms with Crippen molar-refractivity contribution >= 4 is 33.4 Å². The Balaban J connectivity index is 1.76. The van der Waals surface area contributed by atoms with Gasteiger partial charge in [0.1, 0.15) is 23.6 Å². The van der Waals surface area contributed by atoms with Gasteiger partial charge in [-0.25, -0.2) is 4.98 Å². The quantitative estimate of drug-likeness (QED) is 0.695. The third kappa shape index (κ3) is 3.61. The molecule has 1 aliphatic rings. The van der Waals surface area contributed by atoms with E-state index >= 15 is 0 Å². The smallest absolute Gasteiger partial charge is 0.270 e. The molecule has 7 heteroatoms. The van der Waals surface area contributed by atoms with Crippen molar-refractivity contribution in [2.24, 2.45) is 10.8 Å². The average Bonchev–Trinajstić information content (AvgIpc) is 2.64. The molecule has 0 radical (unpaired) electrons. The summed E-state index contributed by atoms with van der Waals surface area (Å²) in [5.74, 6) is 0.396. The zero-order valence-electron chi connectivity index (χ0n) is 16.1. The molecule has 1 N–H and O–H groups in total. The van der Waals surface area contributed by atoms with Crippen LogP contribution in [-0.2, 0) is 0 Å². The number of halogens is 2. The van der Waals surface area contributed by atoms with Gasteiger partial charge < -0.3 is 10.1 Å². The highest BCUT2D eigenvalue weighted by Crippen LogP contribution is 2.55. The molecule has 1 aliphatic carbocycles. The van der Waals surface area contributed by atoms with Crippen LogP contribution in [0.2, 0.25) is 5.02 Å². The van der Waals surface area contributed by atoms with Gasteiger partial charge in [-0.05, 0) is 40.2 Å². The van der Waals surface area contributed by atoms with Crippen LogP contribution in [0.25, 0.3) is 0 Å². The van der Waals surface area contributed by atoms with Crippen LogP contribution < -0.4 is 10.1 Å². The number of carbonyl (C=O) groups excluding carboxylic acids is 1. The summed E-state index contributed by atoms with van der Waals surface area (Å²) < 4.78 is 7.05. The van der Waals surface area contributed by atoms with Crippen LogP contribution in [0.1, 0.15) is 43.7 Å². The number of hydrogen-bond donors (Lipinski definition) is 1. The molecule has 3 rings (SSSR count). The van der Waals surface area contributed by atoms with E-state index in [4.69, 9.17) is 21.6 Å². The Kier molecular flexibility index (Phi) is 5.44. The Hall–Kier alpha value is -2.10. The van der Waals surface area contributed by atoms with Crippen LogP contribution in [0.4, 0.5) is 0 Å². The molecule has 0 atom stereocenters. The minimum atomic E-state index is -0.311. The van der Waals surface area contributed by atoms with E-state index in [2.05, 4.69) is 53.9 Å². The van der Waals surface area contributed by atoms with Crippen molar-refractivity contribution in [2.75, 3.05) is 0 Å². The second-order valence-electron chi connectivity index (χ2n) is 8.16. The highest BCUT2D eigenvalue weighted by molar-refractivity contribution is 9.10. The zero-order valence-corrected chi connectivity index (χ0v) is 18.4. The summed E-state index contributed by atoms with van der Waals surface area (Å²) in [6.45, 7) is 8.25. The van der Waals surface area contributed by atoms with Gasteiger partial charge in [-0.1, -0.05) is 39.3 Å². The minimum absolute atomic E-state index is 0.100. The highest BCUT2D eigenvalue weighted by Gasteiger charge is 2.64. The predicted molar refractivity (Wildman–Crippen MR) is 111 cm³/mol. The number of ether oxygens (including phenoxy) is 1. The fraction of sp³-hybridized carbons (Fsp3) is 0.381. The number of hydrogen-bond acceptors (Lipinski definition) is 4. The van der Waals surface area contributed by atoms with Crippen molar-refractivity contribution in [3.63, 3.8) is 0 Å². The first kappa shape index (κ1) is 20.6. The largest absolute Gasteiger partial charge is 0.489 e. The van der Waals surface area contributed by atoms with Crippen LogP contribution in [-0.4, -0.2) is 23.0 Å². The molecule has 0 aliphatic heterocycles. The normalized spacial score (nSPS) is 21.9. The molecule has 0 unspecified atom stereocenters. The number of nitrogens with one attached hydrogen (secondary N) is 1. The molecule has 1 aromatic carbocycles. The van der Waals surface area contributed by atoms with Gasteiger partial charge in [-0.15, -0.1) is 0 Å². The van der Waals surface area contributed by atoms with Crippen molar-refractivity contribution in [1.82, 2.24) is 10.3 Å². The van der Waals surface area contributed by atoms with E-state index in [0.717, 1.165) is 4.47 Å². The van der Waals surface area contributed by atoms with Crippen molar-refractivity contribution in [3.05, 3.63) is 57.3 Å². The molecule has 5 nitrogen and oxygen atoms in total. The molecule has 1 amide bonds. The molecule has 28 heavy (non-hydrogen) atoms. The SMILES string of the molecule is CC1(C)[C@H](NC(=O)c2ccc(Br)cn2)C(C)(C)[C@H]1Oc1ccc(C#N)c(Cl)c1. The summed E-state index contributed by atoms with van der Waals surface area (Å²) in [4.78, 5) is 16.8. The number of rotatable bonds is 4. The first-order valence-electron chi connectivity index (χ1n) is 8.86. The van der Waals surface area contributed by atoms with Gasteiger partial charge in [0.05, 0.1) is 10.6 Å². The summed E-state index contributed by atoms with van der Waals surface area (Å²) in [7, 11) is 0. The van der Waals surface area contributed by atoms with Crippen molar-refractivity contribution in [3.8, 4) is 11.8 Å². The van der Waals surface area contributed by atoms with Gasteiger partial charge in [0, 0.05) is 33.6 Å². The van der Waals surface area contributed by atoms with E-state index in [1.54, 1.807) is 36.5 Å². The van der Waals surface area contributed by atoms with E-state index in [9.17, 15) is 4.79 Å². The highest BCUT2D eigenvalue weighted by atomic mass is 79.9. The predicted octanol–water partition coefficient (Wildman–Crippen LogP) is 4.98. The summed E-state index contributed by atoms with van der Waals surface area (Å²) in [6, 6.07) is 10.5. The molecular weight excluding hydrogens is 442 g/mol. The minimum Gasteiger partial charge on any atom is -0.489 e. The Morgan fingerprint density at radius 2 is 1.93 bits per heavy atom. The molecule has 1 saturated carbocycles. The average molecular weight is 463 g/mol. The maximum atomic E-state index is 12.6. The van der Waals surface area contributed by atoms with E-state index in [1.807, 2.05) is 6.07 Å². The number of carbonyl (C=O) groups is 1. The fourth-order valence-electron chi connectivity index (χ4n) is 4.31. The Morgan fingerprint density at radius 3 is 2.46 bits per heavy atom. The maximum absolute atomic E-state index is 12.6.